The van der Waals surface area contributed by atoms with E-state index >= 15 is 0 Å². The fourth-order valence-electron chi connectivity index (χ4n) is 2.54. The fraction of sp³-hybridized carbons (Fsp3) is 0.600. The van der Waals surface area contributed by atoms with E-state index < -0.39 is 0 Å². The third-order valence-corrected chi connectivity index (χ3v) is 3.29. The minimum absolute atomic E-state index is 0.0625. The molecule has 1 aromatic carbocycles. The van der Waals surface area contributed by atoms with Gasteiger partial charge in [0.05, 0.1) is 6.61 Å². The molecule has 0 spiro atoms. The Bertz CT molecular complexity index is 367. The summed E-state index contributed by atoms with van der Waals surface area (Å²) >= 11 is 0. The predicted molar refractivity (Wildman–Crippen MR) is 77.0 cm³/mol. The van der Waals surface area contributed by atoms with Gasteiger partial charge in [0.1, 0.15) is 0 Å². The average molecular weight is 250 g/mol. The highest BCUT2D eigenvalue weighted by Crippen LogP contribution is 2.22. The van der Waals surface area contributed by atoms with E-state index in [4.69, 9.17) is 10.5 Å². The Labute approximate surface area is 111 Å². The Morgan fingerprint density at radius 2 is 1.78 bits per heavy atom. The summed E-state index contributed by atoms with van der Waals surface area (Å²) in [4.78, 5) is 2.22. The van der Waals surface area contributed by atoms with Crippen molar-refractivity contribution >= 4 is 0 Å². The van der Waals surface area contributed by atoms with E-state index in [0.717, 1.165) is 19.7 Å². The summed E-state index contributed by atoms with van der Waals surface area (Å²) in [5, 5.41) is 0. The molecular weight excluding hydrogens is 224 g/mol. The topological polar surface area (TPSA) is 38.5 Å². The molecule has 0 aliphatic carbocycles. The van der Waals surface area contributed by atoms with Gasteiger partial charge in [-0.15, -0.1) is 0 Å². The molecule has 18 heavy (non-hydrogen) atoms. The number of hydrogen-bond acceptors (Lipinski definition) is 3. The van der Waals surface area contributed by atoms with Crippen LogP contribution in [0, 0.1) is 20.8 Å². The second kappa shape index (κ2) is 6.88. The monoisotopic (exact) mass is 250 g/mol. The molecule has 3 nitrogen and oxygen atoms in total. The number of hydrogen-bond donors (Lipinski definition) is 1. The lowest BCUT2D eigenvalue weighted by molar-refractivity contribution is 0.158. The van der Waals surface area contributed by atoms with Gasteiger partial charge in [-0.1, -0.05) is 17.7 Å². The van der Waals surface area contributed by atoms with Crippen LogP contribution >= 0.6 is 0 Å². The second-order valence-corrected chi connectivity index (χ2v) is 5.17. The quantitative estimate of drug-likeness (QED) is 0.841. The van der Waals surface area contributed by atoms with Crippen LogP contribution in [0.4, 0.5) is 0 Å². The molecule has 0 aliphatic heterocycles. The summed E-state index contributed by atoms with van der Waals surface area (Å²) in [6.45, 7) is 8.92. The zero-order chi connectivity index (χ0) is 13.7. The number of methoxy groups -OCH3 is 1. The van der Waals surface area contributed by atoms with E-state index in [-0.39, 0.29) is 6.04 Å². The van der Waals surface area contributed by atoms with Crippen molar-refractivity contribution in [2.45, 2.75) is 26.8 Å². The highest BCUT2D eigenvalue weighted by Gasteiger charge is 2.14. The Morgan fingerprint density at radius 1 is 1.22 bits per heavy atom. The van der Waals surface area contributed by atoms with Crippen molar-refractivity contribution in [2.24, 2.45) is 5.73 Å². The molecule has 0 aliphatic rings. The maximum Gasteiger partial charge on any atom is 0.0589 e. The molecule has 0 saturated heterocycles. The minimum Gasteiger partial charge on any atom is -0.383 e. The summed E-state index contributed by atoms with van der Waals surface area (Å²) in [6.07, 6.45) is 0. The first kappa shape index (κ1) is 15.2. The molecule has 0 amide bonds. The van der Waals surface area contributed by atoms with Gasteiger partial charge < -0.3 is 15.4 Å². The van der Waals surface area contributed by atoms with Crippen molar-refractivity contribution in [1.82, 2.24) is 4.90 Å². The second-order valence-electron chi connectivity index (χ2n) is 5.17. The molecule has 0 radical (unpaired) electrons. The van der Waals surface area contributed by atoms with Crippen LogP contribution in [-0.2, 0) is 4.74 Å². The molecule has 1 rings (SSSR count). The summed E-state index contributed by atoms with van der Waals surface area (Å²) in [6, 6.07) is 4.47. The molecule has 2 N–H and O–H groups in total. The third-order valence-electron chi connectivity index (χ3n) is 3.29. The maximum atomic E-state index is 6.34. The van der Waals surface area contributed by atoms with E-state index in [0.29, 0.717) is 0 Å². The van der Waals surface area contributed by atoms with Gasteiger partial charge in [-0.05, 0) is 44.5 Å². The molecule has 3 heteroatoms. The number of ether oxygens (including phenoxy) is 1. The Kier molecular flexibility index (Phi) is 5.79. The number of rotatable bonds is 6. The molecule has 102 valence electrons. The van der Waals surface area contributed by atoms with Gasteiger partial charge in [-0.25, -0.2) is 0 Å². The van der Waals surface area contributed by atoms with E-state index in [1.165, 1.54) is 22.3 Å². The smallest absolute Gasteiger partial charge is 0.0589 e. The third kappa shape index (κ3) is 4.09. The largest absolute Gasteiger partial charge is 0.383 e. The zero-order valence-electron chi connectivity index (χ0n) is 12.3. The number of nitrogens with zero attached hydrogens (tertiary/aromatic N) is 1. The van der Waals surface area contributed by atoms with Crippen molar-refractivity contribution in [3.05, 3.63) is 34.4 Å². The van der Waals surface area contributed by atoms with Gasteiger partial charge in [0.25, 0.3) is 0 Å². The molecular formula is C15H26N2O. The summed E-state index contributed by atoms with van der Waals surface area (Å²) in [7, 11) is 3.81. The van der Waals surface area contributed by atoms with Crippen molar-refractivity contribution < 1.29 is 4.74 Å². The summed E-state index contributed by atoms with van der Waals surface area (Å²) in [5.41, 5.74) is 11.5. The van der Waals surface area contributed by atoms with Crippen LogP contribution in [-0.4, -0.2) is 38.8 Å². The average Bonchev–Trinajstić information content (AvgIpc) is 2.24. The van der Waals surface area contributed by atoms with Gasteiger partial charge in [0.2, 0.25) is 0 Å². The molecule has 1 unspecified atom stereocenters. The van der Waals surface area contributed by atoms with E-state index in [2.05, 4.69) is 44.9 Å². The van der Waals surface area contributed by atoms with Crippen LogP contribution in [0.5, 0.6) is 0 Å². The molecule has 0 heterocycles. The highest BCUT2D eigenvalue weighted by molar-refractivity contribution is 5.39. The molecule has 0 bridgehead atoms. The van der Waals surface area contributed by atoms with E-state index in [9.17, 15) is 0 Å². The summed E-state index contributed by atoms with van der Waals surface area (Å²) < 4.78 is 5.08. The number of benzene rings is 1. The molecule has 0 aromatic heterocycles. The number of nitrogens with two attached hydrogens (primary N) is 1. The number of likely N-dealkylation sites (N-methyl/N-ethyl adjacent to an activating group) is 1. The molecule has 0 fully saturated rings. The van der Waals surface area contributed by atoms with E-state index in [1.54, 1.807) is 7.11 Å². The SMILES string of the molecule is COCCN(C)CC(N)c1c(C)cc(C)cc1C. The van der Waals surface area contributed by atoms with Crippen LogP contribution in [0.3, 0.4) is 0 Å². The first-order chi connectivity index (χ1) is 8.45. The number of aryl methyl sites for hydroxylation is 3. The van der Waals surface area contributed by atoms with Gasteiger partial charge in [-0.2, -0.15) is 0 Å². The lowest BCUT2D eigenvalue weighted by Gasteiger charge is -2.24. The molecule has 1 aromatic rings. The van der Waals surface area contributed by atoms with Crippen LogP contribution in [0.25, 0.3) is 0 Å². The standard InChI is InChI=1S/C15H26N2O/c1-11-8-12(2)15(13(3)9-11)14(16)10-17(4)6-7-18-5/h8-9,14H,6-7,10,16H2,1-5H3. The van der Waals surface area contributed by atoms with Crippen molar-refractivity contribution in [3.8, 4) is 0 Å². The van der Waals surface area contributed by atoms with Gasteiger partial charge in [-0.3, -0.25) is 0 Å². The lowest BCUT2D eigenvalue weighted by atomic mass is 9.94. The Morgan fingerprint density at radius 3 is 2.28 bits per heavy atom. The molecule has 0 saturated carbocycles. The van der Waals surface area contributed by atoms with Gasteiger partial charge in [0, 0.05) is 26.2 Å². The Hall–Kier alpha value is -0.900. The first-order valence-corrected chi connectivity index (χ1v) is 6.46. The lowest BCUT2D eigenvalue weighted by Crippen LogP contribution is -2.32. The van der Waals surface area contributed by atoms with Crippen LogP contribution in [0.15, 0.2) is 12.1 Å². The van der Waals surface area contributed by atoms with Crippen molar-refractivity contribution in [2.75, 3.05) is 33.9 Å². The minimum atomic E-state index is 0.0625. The van der Waals surface area contributed by atoms with Gasteiger partial charge >= 0.3 is 0 Å². The zero-order valence-corrected chi connectivity index (χ0v) is 12.3. The van der Waals surface area contributed by atoms with E-state index in [1.807, 2.05) is 0 Å². The van der Waals surface area contributed by atoms with Crippen molar-refractivity contribution in [3.63, 3.8) is 0 Å². The molecule has 1 atom stereocenters. The Balaban J connectivity index is 2.75. The van der Waals surface area contributed by atoms with Crippen LogP contribution < -0.4 is 5.73 Å². The van der Waals surface area contributed by atoms with Crippen LogP contribution in [0.1, 0.15) is 28.3 Å². The predicted octanol–water partition coefficient (Wildman–Crippen LogP) is 2.19. The van der Waals surface area contributed by atoms with Crippen molar-refractivity contribution in [1.29, 1.82) is 0 Å². The van der Waals surface area contributed by atoms with Crippen LogP contribution in [0.2, 0.25) is 0 Å². The first-order valence-electron chi connectivity index (χ1n) is 6.46. The summed E-state index contributed by atoms with van der Waals surface area (Å²) in [5.74, 6) is 0. The maximum absolute atomic E-state index is 6.34. The normalized spacial score (nSPS) is 13.1. The van der Waals surface area contributed by atoms with Gasteiger partial charge in [0.15, 0.2) is 0 Å². The highest BCUT2D eigenvalue weighted by atomic mass is 16.5. The fourth-order valence-corrected chi connectivity index (χ4v) is 2.54.